The SMILES string of the molecule is S=c1nc[nH]c2nc[nH]c12.S=c1nc[nH]c2nc[nH]c12.S=c1nc[nH]c2nc[nH]c12.S=c1nc[nH]c2nc[nH]c12.[Fe+2]. The number of imidazole rings is 4. The summed E-state index contributed by atoms with van der Waals surface area (Å²) in [6.07, 6.45) is 12.5. The number of H-pyrrole nitrogens is 8. The Balaban J connectivity index is 0.000000125. The summed E-state index contributed by atoms with van der Waals surface area (Å²) >= 11 is 19.6. The second-order valence-electron chi connectivity index (χ2n) is 7.34. The number of hydrogen-bond donors (Lipinski definition) is 8. The topological polar surface area (TPSA) is 229 Å². The van der Waals surface area contributed by atoms with Crippen LogP contribution in [0.25, 0.3) is 44.7 Å². The summed E-state index contributed by atoms with van der Waals surface area (Å²) in [5, 5.41) is 0. The Bertz CT molecular complexity index is 1930. The second kappa shape index (κ2) is 13.8. The number of rotatable bonds is 0. The zero-order valence-corrected chi connectivity index (χ0v) is 24.6. The van der Waals surface area contributed by atoms with Crippen molar-refractivity contribution in [3.8, 4) is 0 Å². The summed E-state index contributed by atoms with van der Waals surface area (Å²) in [7, 11) is 0. The van der Waals surface area contributed by atoms with Gasteiger partial charge in [0.25, 0.3) is 0 Å². The number of nitrogens with zero attached hydrogens (tertiary/aromatic N) is 8. The second-order valence-corrected chi connectivity index (χ2v) is 8.88. The number of hydrogen-bond acceptors (Lipinski definition) is 12. The minimum absolute atomic E-state index is 0. The van der Waals surface area contributed by atoms with Gasteiger partial charge in [-0.25, -0.2) is 39.9 Å². The standard InChI is InChI=1S/4C5H4N4S.Fe/c4*10-5-3-4(7-1-6-3)8-2-9-5;/h4*1-2H,(H2,6,7,8,9,10);/q;;;;+2. The monoisotopic (exact) mass is 664 g/mol. The van der Waals surface area contributed by atoms with Crippen molar-refractivity contribution >= 4 is 93.5 Å². The van der Waals surface area contributed by atoms with Crippen molar-refractivity contribution in [2.24, 2.45) is 0 Å². The van der Waals surface area contributed by atoms with Gasteiger partial charge in [0.1, 0.15) is 22.1 Å². The van der Waals surface area contributed by atoms with Gasteiger partial charge in [-0.1, -0.05) is 48.9 Å². The first-order chi connectivity index (χ1) is 19.5. The van der Waals surface area contributed by atoms with E-state index in [4.69, 9.17) is 48.9 Å². The first-order valence-electron chi connectivity index (χ1n) is 11.0. The number of aromatic amines is 8. The van der Waals surface area contributed by atoms with Crippen LogP contribution in [0.3, 0.4) is 0 Å². The Morgan fingerprint density at radius 2 is 0.512 bits per heavy atom. The van der Waals surface area contributed by atoms with Crippen LogP contribution in [0.1, 0.15) is 0 Å². The Morgan fingerprint density at radius 3 is 0.707 bits per heavy atom. The van der Waals surface area contributed by atoms with Gasteiger partial charge < -0.3 is 39.9 Å². The molecule has 0 saturated heterocycles. The van der Waals surface area contributed by atoms with Crippen LogP contribution in [-0.2, 0) is 17.1 Å². The van der Waals surface area contributed by atoms with Crippen molar-refractivity contribution in [3.05, 3.63) is 69.2 Å². The van der Waals surface area contributed by atoms with Crippen LogP contribution in [0, 0.1) is 18.6 Å². The van der Waals surface area contributed by atoms with E-state index in [1.54, 1.807) is 25.3 Å². The van der Waals surface area contributed by atoms with E-state index < -0.39 is 0 Å². The number of nitrogens with one attached hydrogen (secondary N) is 8. The maximum atomic E-state index is 4.91. The Labute approximate surface area is 258 Å². The zero-order chi connectivity index (χ0) is 27.9. The fourth-order valence-electron chi connectivity index (χ4n) is 3.13. The Morgan fingerprint density at radius 1 is 0.317 bits per heavy atom. The van der Waals surface area contributed by atoms with Crippen molar-refractivity contribution < 1.29 is 17.1 Å². The van der Waals surface area contributed by atoms with Gasteiger partial charge in [0.2, 0.25) is 0 Å². The van der Waals surface area contributed by atoms with E-state index >= 15 is 0 Å². The van der Waals surface area contributed by atoms with Crippen molar-refractivity contribution in [2.45, 2.75) is 0 Å². The molecular formula is C20H16FeN16S4+2. The van der Waals surface area contributed by atoms with E-state index in [1.807, 2.05) is 0 Å². The predicted octanol–water partition coefficient (Wildman–Crippen LogP) is 4.06. The molecule has 206 valence electrons. The zero-order valence-electron chi connectivity index (χ0n) is 20.2. The van der Waals surface area contributed by atoms with Gasteiger partial charge in [-0.15, -0.1) is 0 Å². The quantitative estimate of drug-likeness (QED) is 0.0848. The van der Waals surface area contributed by atoms with E-state index in [0.29, 0.717) is 18.6 Å². The molecule has 8 aromatic heterocycles. The van der Waals surface area contributed by atoms with Crippen molar-refractivity contribution in [2.75, 3.05) is 0 Å². The molecule has 0 saturated carbocycles. The van der Waals surface area contributed by atoms with Crippen molar-refractivity contribution in [1.29, 1.82) is 0 Å². The van der Waals surface area contributed by atoms with Crippen LogP contribution >= 0.6 is 48.9 Å². The molecule has 0 aliphatic heterocycles. The molecule has 8 N–H and O–H groups in total. The fourth-order valence-corrected chi connectivity index (χ4v) is 3.97. The average molecular weight is 665 g/mol. The molecule has 0 bridgehead atoms. The maximum Gasteiger partial charge on any atom is 2.00 e. The summed E-state index contributed by atoms with van der Waals surface area (Å²) in [5.74, 6) is 0. The molecule has 0 fully saturated rings. The van der Waals surface area contributed by atoms with Gasteiger partial charge in [-0.05, 0) is 0 Å². The molecule has 0 aliphatic rings. The van der Waals surface area contributed by atoms with Gasteiger partial charge in [0.15, 0.2) is 41.2 Å². The first kappa shape index (κ1) is 29.6. The van der Waals surface area contributed by atoms with Gasteiger partial charge in [-0.2, -0.15) is 0 Å². The molecular weight excluding hydrogens is 648 g/mol. The molecule has 0 atom stereocenters. The fraction of sp³-hybridized carbons (Fsp3) is 0. The minimum atomic E-state index is 0. The molecule has 8 rings (SSSR count). The Kier molecular flexibility index (Phi) is 9.95. The van der Waals surface area contributed by atoms with Crippen LogP contribution in [-0.4, -0.2) is 79.7 Å². The normalized spacial score (nSPS) is 10.1. The molecule has 0 radical (unpaired) electrons. The third-order valence-electron chi connectivity index (χ3n) is 4.95. The summed E-state index contributed by atoms with van der Waals surface area (Å²) in [4.78, 5) is 54.2. The summed E-state index contributed by atoms with van der Waals surface area (Å²) in [6.45, 7) is 0. The van der Waals surface area contributed by atoms with E-state index in [1.165, 1.54) is 25.3 Å². The Hall–Kier alpha value is -4.40. The molecule has 8 heterocycles. The molecule has 16 nitrogen and oxygen atoms in total. The molecule has 0 aliphatic carbocycles. The van der Waals surface area contributed by atoms with Crippen LogP contribution < -0.4 is 0 Å². The summed E-state index contributed by atoms with van der Waals surface area (Å²) in [5.41, 5.74) is 6.16. The van der Waals surface area contributed by atoms with Crippen LogP contribution in [0.15, 0.2) is 50.6 Å². The van der Waals surface area contributed by atoms with Gasteiger partial charge in [-0.3, -0.25) is 0 Å². The molecule has 21 heteroatoms. The largest absolute Gasteiger partial charge is 2.00 e. The molecule has 0 unspecified atom stereocenters. The van der Waals surface area contributed by atoms with Gasteiger partial charge in [0, 0.05) is 0 Å². The van der Waals surface area contributed by atoms with E-state index in [9.17, 15) is 0 Å². The molecule has 41 heavy (non-hydrogen) atoms. The van der Waals surface area contributed by atoms with E-state index in [-0.39, 0.29) is 17.1 Å². The van der Waals surface area contributed by atoms with Crippen LogP contribution in [0.2, 0.25) is 0 Å². The molecule has 0 spiro atoms. The summed E-state index contributed by atoms with van der Waals surface area (Å²) < 4.78 is 2.19. The minimum Gasteiger partial charge on any atom is -0.341 e. The van der Waals surface area contributed by atoms with Crippen molar-refractivity contribution in [1.82, 2.24) is 79.7 Å². The third kappa shape index (κ3) is 7.03. The number of fused-ring (bicyclic) bond motifs is 4. The molecule has 0 amide bonds. The predicted molar refractivity (Wildman–Crippen MR) is 156 cm³/mol. The molecule has 0 aromatic carbocycles. The maximum absolute atomic E-state index is 4.91. The third-order valence-corrected chi connectivity index (χ3v) is 6.18. The van der Waals surface area contributed by atoms with Gasteiger partial charge in [0.05, 0.1) is 50.6 Å². The van der Waals surface area contributed by atoms with Crippen LogP contribution in [0.4, 0.5) is 0 Å². The smallest absolute Gasteiger partial charge is 0.341 e. The van der Waals surface area contributed by atoms with E-state index in [2.05, 4.69) is 79.7 Å². The van der Waals surface area contributed by atoms with Gasteiger partial charge >= 0.3 is 17.1 Å². The number of aromatic nitrogens is 16. The van der Waals surface area contributed by atoms with E-state index in [0.717, 1.165) is 44.7 Å². The first-order valence-corrected chi connectivity index (χ1v) is 12.6. The molecule has 8 aromatic rings. The average Bonchev–Trinajstić information content (AvgIpc) is 3.77. The summed E-state index contributed by atoms with van der Waals surface area (Å²) in [6, 6.07) is 0. The van der Waals surface area contributed by atoms with Crippen molar-refractivity contribution in [3.63, 3.8) is 0 Å². The van der Waals surface area contributed by atoms with Crippen LogP contribution in [0.5, 0.6) is 0 Å².